The number of nitrogens with one attached hydrogen (secondary N) is 1. The van der Waals surface area contributed by atoms with Gasteiger partial charge in [0.15, 0.2) is 0 Å². The highest BCUT2D eigenvalue weighted by Crippen LogP contribution is 2.31. The Morgan fingerprint density at radius 2 is 2.00 bits per heavy atom. The smallest absolute Gasteiger partial charge is 0.0881 e. The zero-order valence-corrected chi connectivity index (χ0v) is 13.3. The lowest BCUT2D eigenvalue weighted by Crippen LogP contribution is -2.56. The maximum atomic E-state index is 6.24. The van der Waals surface area contributed by atoms with E-state index in [9.17, 15) is 0 Å². The zero-order valence-electron chi connectivity index (χ0n) is 13.3. The van der Waals surface area contributed by atoms with Crippen LogP contribution < -0.4 is 5.32 Å². The van der Waals surface area contributed by atoms with Crippen LogP contribution in [0.3, 0.4) is 0 Å². The Hall–Kier alpha value is -0.970. The predicted octanol–water partition coefficient (Wildman–Crippen LogP) is 2.58. The van der Waals surface area contributed by atoms with Gasteiger partial charge in [0, 0.05) is 51.1 Å². The van der Waals surface area contributed by atoms with Crippen LogP contribution in [0.1, 0.15) is 38.7 Å². The summed E-state index contributed by atoms with van der Waals surface area (Å²) in [4.78, 5) is 4.11. The number of rotatable bonds is 8. The number of aromatic nitrogens is 1. The summed E-state index contributed by atoms with van der Waals surface area (Å²) < 4.78 is 11.8. The topological polar surface area (TPSA) is 43.4 Å². The van der Waals surface area contributed by atoms with Crippen molar-refractivity contribution in [1.82, 2.24) is 10.3 Å². The van der Waals surface area contributed by atoms with Crippen LogP contribution in [-0.2, 0) is 15.9 Å². The summed E-state index contributed by atoms with van der Waals surface area (Å²) in [6.45, 7) is 7.64. The van der Waals surface area contributed by atoms with Crippen LogP contribution in [0.4, 0.5) is 0 Å². The molecule has 0 spiro atoms. The maximum Gasteiger partial charge on any atom is 0.0881 e. The second-order valence-electron chi connectivity index (χ2n) is 5.68. The van der Waals surface area contributed by atoms with Gasteiger partial charge in [-0.3, -0.25) is 4.98 Å². The van der Waals surface area contributed by atoms with Crippen LogP contribution in [0.15, 0.2) is 24.5 Å². The summed E-state index contributed by atoms with van der Waals surface area (Å²) >= 11 is 0. The van der Waals surface area contributed by atoms with Crippen molar-refractivity contribution in [2.75, 3.05) is 26.4 Å². The Kier molecular flexibility index (Phi) is 6.61. The molecule has 0 aliphatic carbocycles. The van der Waals surface area contributed by atoms with Crippen LogP contribution in [-0.4, -0.2) is 43.0 Å². The minimum Gasteiger partial charge on any atom is -0.381 e. The molecular formula is C17H28N2O2. The molecule has 0 radical (unpaired) electrons. The third-order valence-electron chi connectivity index (χ3n) is 4.24. The van der Waals surface area contributed by atoms with E-state index in [-0.39, 0.29) is 5.60 Å². The minimum absolute atomic E-state index is 0.106. The second kappa shape index (κ2) is 8.47. The zero-order chi connectivity index (χ0) is 15.0. The summed E-state index contributed by atoms with van der Waals surface area (Å²) in [5.74, 6) is 0. The first kappa shape index (κ1) is 16.4. The van der Waals surface area contributed by atoms with E-state index in [0.29, 0.717) is 6.04 Å². The van der Waals surface area contributed by atoms with E-state index in [1.54, 1.807) is 0 Å². The molecule has 1 atom stereocenters. The Labute approximate surface area is 128 Å². The highest BCUT2D eigenvalue weighted by Gasteiger charge is 2.40. The van der Waals surface area contributed by atoms with Crippen molar-refractivity contribution in [1.29, 1.82) is 0 Å². The van der Waals surface area contributed by atoms with Crippen molar-refractivity contribution in [3.05, 3.63) is 30.1 Å². The van der Waals surface area contributed by atoms with E-state index in [1.807, 2.05) is 12.4 Å². The average Bonchev–Trinajstić information content (AvgIpc) is 2.53. The first-order valence-electron chi connectivity index (χ1n) is 8.14. The van der Waals surface area contributed by atoms with E-state index in [2.05, 4.69) is 36.3 Å². The number of nitrogens with zero attached hydrogens (tertiary/aromatic N) is 1. The third-order valence-corrected chi connectivity index (χ3v) is 4.24. The maximum absolute atomic E-state index is 6.24. The van der Waals surface area contributed by atoms with Crippen LogP contribution in [0.2, 0.25) is 0 Å². The molecule has 1 aliphatic heterocycles. The van der Waals surface area contributed by atoms with Crippen molar-refractivity contribution >= 4 is 0 Å². The van der Waals surface area contributed by atoms with Crippen LogP contribution in [0, 0.1) is 0 Å². The summed E-state index contributed by atoms with van der Waals surface area (Å²) in [7, 11) is 0. The van der Waals surface area contributed by atoms with Crippen molar-refractivity contribution in [2.45, 2.75) is 51.2 Å². The molecule has 0 amide bonds. The molecule has 1 unspecified atom stereocenters. The molecule has 1 aromatic rings. The molecular weight excluding hydrogens is 264 g/mol. The fraction of sp³-hybridized carbons (Fsp3) is 0.706. The van der Waals surface area contributed by atoms with Gasteiger partial charge in [0.2, 0.25) is 0 Å². The van der Waals surface area contributed by atoms with E-state index in [0.717, 1.165) is 52.0 Å². The SMILES string of the molecule is CCCNC(Cc1ccncc1)C1(OCC)CCOCC1. The Bertz CT molecular complexity index is 386. The first-order chi connectivity index (χ1) is 10.3. The van der Waals surface area contributed by atoms with Gasteiger partial charge in [-0.15, -0.1) is 0 Å². The Morgan fingerprint density at radius 1 is 1.29 bits per heavy atom. The first-order valence-corrected chi connectivity index (χ1v) is 8.14. The molecule has 2 rings (SSSR count). The van der Waals surface area contributed by atoms with Gasteiger partial charge >= 0.3 is 0 Å². The van der Waals surface area contributed by atoms with E-state index in [1.165, 1.54) is 5.56 Å². The van der Waals surface area contributed by atoms with Gasteiger partial charge in [0.05, 0.1) is 5.60 Å². The highest BCUT2D eigenvalue weighted by atomic mass is 16.5. The largest absolute Gasteiger partial charge is 0.381 e. The molecule has 4 nitrogen and oxygen atoms in total. The molecule has 2 heterocycles. The normalized spacial score (nSPS) is 19.3. The molecule has 4 heteroatoms. The average molecular weight is 292 g/mol. The van der Waals surface area contributed by atoms with Gasteiger partial charge in [0.25, 0.3) is 0 Å². The molecule has 1 aliphatic rings. The monoisotopic (exact) mass is 292 g/mol. The van der Waals surface area contributed by atoms with Gasteiger partial charge in [0.1, 0.15) is 0 Å². The standard InChI is InChI=1S/C17H28N2O2/c1-3-9-19-16(14-15-5-10-18-11-6-15)17(21-4-2)7-12-20-13-8-17/h5-6,10-11,16,19H,3-4,7-9,12-14H2,1-2H3. The molecule has 1 aromatic heterocycles. The Balaban J connectivity index is 2.15. The van der Waals surface area contributed by atoms with Crippen LogP contribution in [0.5, 0.6) is 0 Å². The Morgan fingerprint density at radius 3 is 2.62 bits per heavy atom. The van der Waals surface area contributed by atoms with E-state index < -0.39 is 0 Å². The lowest BCUT2D eigenvalue weighted by Gasteiger charge is -2.43. The molecule has 1 saturated heterocycles. The highest BCUT2D eigenvalue weighted by molar-refractivity contribution is 5.14. The summed E-state index contributed by atoms with van der Waals surface area (Å²) in [5.41, 5.74) is 1.20. The van der Waals surface area contributed by atoms with Crippen molar-refractivity contribution in [3.63, 3.8) is 0 Å². The fourth-order valence-electron chi connectivity index (χ4n) is 3.12. The summed E-state index contributed by atoms with van der Waals surface area (Å²) in [5, 5.41) is 3.71. The third kappa shape index (κ3) is 4.50. The van der Waals surface area contributed by atoms with Gasteiger partial charge in [-0.1, -0.05) is 6.92 Å². The molecule has 21 heavy (non-hydrogen) atoms. The van der Waals surface area contributed by atoms with Crippen molar-refractivity contribution in [3.8, 4) is 0 Å². The van der Waals surface area contributed by atoms with E-state index >= 15 is 0 Å². The van der Waals surface area contributed by atoms with Gasteiger partial charge in [-0.25, -0.2) is 0 Å². The summed E-state index contributed by atoms with van der Waals surface area (Å²) in [6.07, 6.45) is 7.77. The summed E-state index contributed by atoms with van der Waals surface area (Å²) in [6, 6.07) is 4.52. The van der Waals surface area contributed by atoms with Crippen molar-refractivity contribution in [2.24, 2.45) is 0 Å². The molecule has 0 bridgehead atoms. The molecule has 1 fully saturated rings. The predicted molar refractivity (Wildman–Crippen MR) is 84.4 cm³/mol. The second-order valence-corrected chi connectivity index (χ2v) is 5.68. The van der Waals surface area contributed by atoms with Gasteiger partial charge in [-0.2, -0.15) is 0 Å². The molecule has 0 saturated carbocycles. The van der Waals surface area contributed by atoms with E-state index in [4.69, 9.17) is 9.47 Å². The minimum atomic E-state index is -0.106. The fourth-order valence-corrected chi connectivity index (χ4v) is 3.12. The lowest BCUT2D eigenvalue weighted by molar-refractivity contribution is -0.126. The van der Waals surface area contributed by atoms with Crippen molar-refractivity contribution < 1.29 is 9.47 Å². The number of hydrogen-bond donors (Lipinski definition) is 1. The van der Waals surface area contributed by atoms with Gasteiger partial charge in [-0.05, 0) is 44.0 Å². The number of hydrogen-bond acceptors (Lipinski definition) is 4. The molecule has 118 valence electrons. The number of pyridine rings is 1. The quantitative estimate of drug-likeness (QED) is 0.800. The lowest BCUT2D eigenvalue weighted by atomic mass is 9.82. The number of ether oxygens (including phenoxy) is 2. The molecule has 0 aromatic carbocycles. The van der Waals surface area contributed by atoms with Crippen LogP contribution >= 0.6 is 0 Å². The van der Waals surface area contributed by atoms with Crippen LogP contribution in [0.25, 0.3) is 0 Å². The molecule has 1 N–H and O–H groups in total. The van der Waals surface area contributed by atoms with Gasteiger partial charge < -0.3 is 14.8 Å².